The minimum absolute atomic E-state index is 0.00411. The summed E-state index contributed by atoms with van der Waals surface area (Å²) in [7, 11) is 0. The summed E-state index contributed by atoms with van der Waals surface area (Å²) in [6.07, 6.45) is 4.77. The quantitative estimate of drug-likeness (QED) is 0.286. The van der Waals surface area contributed by atoms with Crippen LogP contribution in [-0.4, -0.2) is 61.3 Å². The smallest absolute Gasteiger partial charge is 0.315 e. The zero-order valence-electron chi connectivity index (χ0n) is 23.1. The van der Waals surface area contributed by atoms with Crippen molar-refractivity contribution in [1.29, 1.82) is 0 Å². The summed E-state index contributed by atoms with van der Waals surface area (Å²) in [5, 5.41) is 11.1. The van der Waals surface area contributed by atoms with Crippen molar-refractivity contribution >= 4 is 12.3 Å². The molecule has 4 bridgehead atoms. The molecule has 0 aromatic rings. The molecule has 5 fully saturated rings. The van der Waals surface area contributed by atoms with Crippen molar-refractivity contribution in [3.8, 4) is 0 Å². The molecule has 0 spiro atoms. The van der Waals surface area contributed by atoms with Gasteiger partial charge in [0.2, 0.25) is 0 Å². The first-order chi connectivity index (χ1) is 17.5. The summed E-state index contributed by atoms with van der Waals surface area (Å²) in [5.41, 5.74) is -1.89. The van der Waals surface area contributed by atoms with E-state index in [1.807, 2.05) is 6.92 Å². The highest BCUT2D eigenvalue weighted by atomic mass is 16.7. The second-order valence-electron chi connectivity index (χ2n) is 12.8. The first kappa shape index (κ1) is 23.8. The molecule has 0 amide bonds. The second-order valence-corrected chi connectivity index (χ2v) is 12.8. The van der Waals surface area contributed by atoms with E-state index in [0.29, 0.717) is 24.9 Å². The highest BCUT2D eigenvalue weighted by molar-refractivity contribution is 5.90. The van der Waals surface area contributed by atoms with Crippen LogP contribution in [0.25, 0.3) is 0 Å². The Morgan fingerprint density at radius 1 is 1.25 bits per heavy atom. The molecule has 6 aliphatic rings. The number of carboxylic acid groups (broad SMARTS) is 1. The number of rotatable bonds is 9. The number of fused-ring (bicyclic) bond motifs is 3. The molecule has 7 nitrogen and oxygen atoms in total. The number of aldehydes is 1. The predicted molar refractivity (Wildman–Crippen MR) is 131 cm³/mol. The fourth-order valence-corrected chi connectivity index (χ4v) is 9.69. The minimum atomic E-state index is -1.24. The van der Waals surface area contributed by atoms with Gasteiger partial charge in [-0.05, 0) is 62.2 Å². The van der Waals surface area contributed by atoms with E-state index in [4.69, 9.17) is 20.3 Å². The molecule has 4 aliphatic carbocycles. The molecule has 9 unspecified atom stereocenters. The van der Waals surface area contributed by atoms with Gasteiger partial charge < -0.3 is 28.8 Å². The Morgan fingerprint density at radius 2 is 2.03 bits per heavy atom. The number of ether oxygens (including phenoxy) is 4. The van der Waals surface area contributed by atoms with Crippen LogP contribution >= 0.6 is 0 Å². The van der Waals surface area contributed by atoms with E-state index in [2.05, 4.69) is 26.8 Å². The standard InChI is InChI=1S/C29H42O7/c1-6-9-33-22-17(5)35-25(24-23(22)36-24)34-14-28-12-19-16(4)7-8-20(19)27(13-30)11-18(28)10-21(15(2)3)29(27,28)26(31)32/h10,13,15-20,22-25H,6-9,11-12,14H2,1-5H3,(H,31,32)/t16?,17-,18?,19?,20?,22+,23+,24+,25?,27?,28?,29?/m1/s1/i6D/t6?,16?,17-,18?,19?,20?,22+,23+,24+,25?,27?,28?,29?. The third-order valence-corrected chi connectivity index (χ3v) is 11.0. The number of aliphatic carboxylic acids is 1. The van der Waals surface area contributed by atoms with E-state index in [-0.39, 0.29) is 55.2 Å². The number of hydrogen-bond acceptors (Lipinski definition) is 6. The number of carbonyl (C=O) groups is 2. The van der Waals surface area contributed by atoms with Crippen LogP contribution < -0.4 is 0 Å². The number of allylic oxidation sites excluding steroid dienone is 1. The van der Waals surface area contributed by atoms with Crippen molar-refractivity contribution in [1.82, 2.24) is 0 Å². The third kappa shape index (κ3) is 2.89. The van der Waals surface area contributed by atoms with Crippen molar-refractivity contribution in [2.24, 2.45) is 45.8 Å². The SMILES string of the molecule is [2H]C(C)CO[C@@H]1[C@@H]2O[C@@H]2C(OCC23CC4C(C)CCC4C4(C=O)CC2C=C(C(C)C)C43C(=O)O)O[C@@H]1C. The first-order valence-electron chi connectivity index (χ1n) is 14.5. The molecule has 2 aliphatic heterocycles. The largest absolute Gasteiger partial charge is 0.481 e. The van der Waals surface area contributed by atoms with Gasteiger partial charge in [-0.15, -0.1) is 0 Å². The second kappa shape index (κ2) is 8.36. The summed E-state index contributed by atoms with van der Waals surface area (Å²) in [5.74, 6) is 0.0698. The van der Waals surface area contributed by atoms with Gasteiger partial charge in [-0.25, -0.2) is 0 Å². The highest BCUT2D eigenvalue weighted by Crippen LogP contribution is 2.82. The Labute approximate surface area is 215 Å². The van der Waals surface area contributed by atoms with E-state index >= 15 is 0 Å². The number of hydrogen-bond donors (Lipinski definition) is 1. The van der Waals surface area contributed by atoms with Crippen LogP contribution in [0.1, 0.15) is 68.1 Å². The van der Waals surface area contributed by atoms with E-state index in [9.17, 15) is 14.7 Å². The van der Waals surface area contributed by atoms with Gasteiger partial charge in [-0.3, -0.25) is 4.79 Å². The molecule has 36 heavy (non-hydrogen) atoms. The topological polar surface area (TPSA) is 94.6 Å². The molecule has 0 aromatic carbocycles. The van der Waals surface area contributed by atoms with E-state index in [1.165, 1.54) is 0 Å². The van der Waals surface area contributed by atoms with Crippen molar-refractivity contribution < 1.29 is 35.0 Å². The van der Waals surface area contributed by atoms with E-state index in [0.717, 1.165) is 31.1 Å². The maximum Gasteiger partial charge on any atom is 0.315 e. The number of carboxylic acids is 1. The summed E-state index contributed by atoms with van der Waals surface area (Å²) >= 11 is 0. The van der Waals surface area contributed by atoms with Crippen LogP contribution in [0.2, 0.25) is 0 Å². The molecule has 13 atom stereocenters. The molecule has 3 saturated carbocycles. The van der Waals surface area contributed by atoms with Crippen molar-refractivity contribution in [2.75, 3.05) is 13.2 Å². The molecule has 7 heteroatoms. The van der Waals surface area contributed by atoms with Crippen LogP contribution in [0.5, 0.6) is 0 Å². The molecule has 200 valence electrons. The van der Waals surface area contributed by atoms with Crippen molar-refractivity contribution in [2.45, 2.75) is 97.4 Å². The van der Waals surface area contributed by atoms with Gasteiger partial charge in [0.05, 0.1) is 18.1 Å². The maximum atomic E-state index is 13.6. The lowest BCUT2D eigenvalue weighted by atomic mass is 9.43. The van der Waals surface area contributed by atoms with Crippen LogP contribution in [0.3, 0.4) is 0 Å². The fraction of sp³-hybridized carbons (Fsp3) is 0.862. The Bertz CT molecular complexity index is 995. The minimum Gasteiger partial charge on any atom is -0.481 e. The van der Waals surface area contributed by atoms with Gasteiger partial charge in [-0.2, -0.15) is 0 Å². The van der Waals surface area contributed by atoms with Gasteiger partial charge in [0.15, 0.2) is 6.29 Å². The molecular formula is C29H42O7. The lowest BCUT2D eigenvalue weighted by Crippen LogP contribution is -2.64. The molecular weight excluding hydrogens is 460 g/mol. The van der Waals surface area contributed by atoms with Gasteiger partial charge >= 0.3 is 5.97 Å². The monoisotopic (exact) mass is 503 g/mol. The maximum absolute atomic E-state index is 13.6. The van der Waals surface area contributed by atoms with E-state index in [1.54, 1.807) is 6.92 Å². The Balaban J connectivity index is 1.32. The Morgan fingerprint density at radius 3 is 2.69 bits per heavy atom. The Kier molecular flexibility index (Phi) is 5.53. The third-order valence-electron chi connectivity index (χ3n) is 11.0. The van der Waals surface area contributed by atoms with E-state index < -0.39 is 28.5 Å². The number of epoxide rings is 1. The van der Waals surface area contributed by atoms with Crippen molar-refractivity contribution in [3.05, 3.63) is 11.6 Å². The van der Waals surface area contributed by atoms with Crippen LogP contribution in [0.15, 0.2) is 11.6 Å². The lowest BCUT2D eigenvalue weighted by Gasteiger charge is -2.58. The summed E-state index contributed by atoms with van der Waals surface area (Å²) in [6, 6.07) is 0. The predicted octanol–water partition coefficient (Wildman–Crippen LogP) is 4.24. The molecule has 2 saturated heterocycles. The summed E-state index contributed by atoms with van der Waals surface area (Å²) < 4.78 is 32.3. The molecule has 2 heterocycles. The molecule has 0 aromatic heterocycles. The first-order valence-corrected chi connectivity index (χ1v) is 13.9. The van der Waals surface area contributed by atoms with Crippen LogP contribution in [-0.2, 0) is 28.5 Å². The van der Waals surface area contributed by atoms with Gasteiger partial charge in [0.1, 0.15) is 30.0 Å². The molecule has 1 N–H and O–H groups in total. The van der Waals surface area contributed by atoms with Gasteiger partial charge in [0, 0.05) is 13.4 Å². The summed E-state index contributed by atoms with van der Waals surface area (Å²) in [4.78, 5) is 26.7. The zero-order chi connectivity index (χ0) is 26.5. The van der Waals surface area contributed by atoms with Gasteiger partial charge in [-0.1, -0.05) is 45.8 Å². The average molecular weight is 504 g/mol. The summed E-state index contributed by atoms with van der Waals surface area (Å²) in [6.45, 7) is 10.7. The molecule has 0 radical (unpaired) electrons. The van der Waals surface area contributed by atoms with Crippen LogP contribution in [0, 0.1) is 45.8 Å². The average Bonchev–Trinajstić information content (AvgIpc) is 3.43. The van der Waals surface area contributed by atoms with Crippen molar-refractivity contribution in [3.63, 3.8) is 0 Å². The normalized spacial score (nSPS) is 53.4. The molecule has 6 rings (SSSR count). The fourth-order valence-electron chi connectivity index (χ4n) is 9.69. The van der Waals surface area contributed by atoms with Crippen LogP contribution in [0.4, 0.5) is 0 Å². The zero-order valence-corrected chi connectivity index (χ0v) is 22.1. The Hall–Kier alpha value is -1.28. The highest BCUT2D eigenvalue weighted by Gasteiger charge is 2.84. The number of carbonyl (C=O) groups excluding carboxylic acids is 1. The lowest BCUT2D eigenvalue weighted by molar-refractivity contribution is -0.239. The van der Waals surface area contributed by atoms with Gasteiger partial charge in [0.25, 0.3) is 0 Å².